The van der Waals surface area contributed by atoms with Gasteiger partial charge in [-0.1, -0.05) is 6.07 Å². The van der Waals surface area contributed by atoms with Crippen LogP contribution in [-0.2, 0) is 11.2 Å². The molecule has 8 heteroatoms. The predicted octanol–water partition coefficient (Wildman–Crippen LogP) is 2.96. The number of hydrogen-bond acceptors (Lipinski definition) is 4. The van der Waals surface area contributed by atoms with Crippen LogP contribution in [0.5, 0.6) is 11.5 Å². The number of nitrogens with two attached hydrogens (primary N) is 1. The summed E-state index contributed by atoms with van der Waals surface area (Å²) in [6.07, 6.45) is -0.0196. The molecule has 0 heterocycles. The number of hydrogen-bond donors (Lipinski definition) is 2. The summed E-state index contributed by atoms with van der Waals surface area (Å²) in [6.45, 7) is -1.38. The minimum Gasteiger partial charge on any atom is -0.493 e. The molecule has 3 N–H and O–H groups in total. The molecule has 1 amide bonds. The molecule has 1 fully saturated rings. The summed E-state index contributed by atoms with van der Waals surface area (Å²) in [4.78, 5) is 12.1. The first-order chi connectivity index (χ1) is 12.3. The second kappa shape index (κ2) is 9.12. The van der Waals surface area contributed by atoms with Crippen LogP contribution in [0.4, 0.5) is 13.2 Å². The van der Waals surface area contributed by atoms with Gasteiger partial charge in [0.1, 0.15) is 0 Å². The van der Waals surface area contributed by atoms with Crippen LogP contribution in [0.1, 0.15) is 37.7 Å². The van der Waals surface area contributed by atoms with E-state index in [4.69, 9.17) is 15.2 Å². The number of carbonyl (C=O) groups excluding carboxylic acids is 1. The van der Waals surface area contributed by atoms with Crippen molar-refractivity contribution in [2.45, 2.75) is 56.8 Å². The van der Waals surface area contributed by atoms with Crippen LogP contribution in [0.25, 0.3) is 0 Å². The molecule has 0 aliphatic heterocycles. The molecule has 1 aliphatic carbocycles. The van der Waals surface area contributed by atoms with Crippen LogP contribution in [0.3, 0.4) is 0 Å². The third kappa shape index (κ3) is 6.74. The smallest absolute Gasteiger partial charge is 0.422 e. The molecule has 0 saturated heterocycles. The number of nitrogens with one attached hydrogen (secondary N) is 1. The Hall–Kier alpha value is -1.96. The minimum atomic E-state index is -4.41. The van der Waals surface area contributed by atoms with Gasteiger partial charge in [0.25, 0.3) is 0 Å². The third-order valence-corrected chi connectivity index (χ3v) is 4.40. The molecule has 0 spiro atoms. The highest BCUT2D eigenvalue weighted by Gasteiger charge is 2.29. The molecule has 1 aromatic rings. The molecule has 0 bridgehead atoms. The van der Waals surface area contributed by atoms with Gasteiger partial charge in [-0.05, 0) is 49.8 Å². The number of ether oxygens (including phenoxy) is 2. The Kier molecular flexibility index (Phi) is 7.14. The molecule has 0 aromatic heterocycles. The van der Waals surface area contributed by atoms with Crippen LogP contribution in [-0.4, -0.2) is 37.9 Å². The highest BCUT2D eigenvalue weighted by molar-refractivity contribution is 5.76. The highest BCUT2D eigenvalue weighted by Crippen LogP contribution is 2.30. The van der Waals surface area contributed by atoms with Crippen molar-refractivity contribution in [3.8, 4) is 11.5 Å². The Labute approximate surface area is 151 Å². The van der Waals surface area contributed by atoms with Crippen LogP contribution < -0.4 is 20.5 Å². The van der Waals surface area contributed by atoms with Crippen molar-refractivity contribution in [1.82, 2.24) is 5.32 Å². The van der Waals surface area contributed by atoms with Gasteiger partial charge in [-0.25, -0.2) is 0 Å². The molecular weight excluding hydrogens is 349 g/mol. The molecule has 0 unspecified atom stereocenters. The monoisotopic (exact) mass is 374 g/mol. The first kappa shape index (κ1) is 20.4. The number of carbonyl (C=O) groups is 1. The average Bonchev–Trinajstić information content (AvgIpc) is 2.59. The average molecular weight is 374 g/mol. The number of aryl methyl sites for hydroxylation is 1. The number of amides is 1. The van der Waals surface area contributed by atoms with Gasteiger partial charge in [0.15, 0.2) is 18.1 Å². The zero-order chi connectivity index (χ0) is 19.2. The predicted molar refractivity (Wildman–Crippen MR) is 91.2 cm³/mol. The second-order valence-electron chi connectivity index (χ2n) is 6.57. The van der Waals surface area contributed by atoms with E-state index in [9.17, 15) is 18.0 Å². The second-order valence-corrected chi connectivity index (χ2v) is 6.57. The van der Waals surface area contributed by atoms with Crippen LogP contribution >= 0.6 is 0 Å². The molecule has 5 nitrogen and oxygen atoms in total. The lowest BCUT2D eigenvalue weighted by Crippen LogP contribution is -2.40. The summed E-state index contributed by atoms with van der Waals surface area (Å²) in [7, 11) is 1.36. The summed E-state index contributed by atoms with van der Waals surface area (Å²) in [5.41, 5.74) is 6.64. The Morgan fingerprint density at radius 1 is 1.23 bits per heavy atom. The van der Waals surface area contributed by atoms with E-state index in [1.165, 1.54) is 13.2 Å². The van der Waals surface area contributed by atoms with Gasteiger partial charge >= 0.3 is 6.18 Å². The quantitative estimate of drug-likeness (QED) is 0.770. The van der Waals surface area contributed by atoms with E-state index in [0.29, 0.717) is 12.8 Å². The van der Waals surface area contributed by atoms with Crippen LogP contribution in [0.15, 0.2) is 18.2 Å². The van der Waals surface area contributed by atoms with Gasteiger partial charge in [0.2, 0.25) is 5.91 Å². The first-order valence-electron chi connectivity index (χ1n) is 8.68. The van der Waals surface area contributed by atoms with E-state index < -0.39 is 12.8 Å². The fourth-order valence-corrected chi connectivity index (χ4v) is 2.97. The summed E-state index contributed by atoms with van der Waals surface area (Å²) in [6, 6.07) is 5.07. The molecule has 146 valence electrons. The Balaban J connectivity index is 1.84. The fraction of sp³-hybridized carbons (Fsp3) is 0.611. The van der Waals surface area contributed by atoms with Crippen molar-refractivity contribution in [2.75, 3.05) is 13.7 Å². The highest BCUT2D eigenvalue weighted by atomic mass is 19.4. The molecule has 1 aromatic carbocycles. The number of alkyl halides is 3. The van der Waals surface area contributed by atoms with Crippen LogP contribution in [0.2, 0.25) is 0 Å². The topological polar surface area (TPSA) is 73.6 Å². The lowest BCUT2D eigenvalue weighted by atomic mass is 9.91. The van der Waals surface area contributed by atoms with E-state index in [0.717, 1.165) is 31.2 Å². The maximum atomic E-state index is 12.3. The molecule has 1 aliphatic rings. The van der Waals surface area contributed by atoms with E-state index in [-0.39, 0.29) is 29.5 Å². The van der Waals surface area contributed by atoms with Crippen LogP contribution in [0, 0.1) is 0 Å². The fourth-order valence-electron chi connectivity index (χ4n) is 2.97. The molecule has 2 rings (SSSR count). The Bertz CT molecular complexity index is 600. The van der Waals surface area contributed by atoms with Crippen molar-refractivity contribution < 1.29 is 27.4 Å². The first-order valence-corrected chi connectivity index (χ1v) is 8.68. The minimum absolute atomic E-state index is 0.0246. The summed E-state index contributed by atoms with van der Waals surface area (Å²) < 4.78 is 46.6. The normalized spacial score (nSPS) is 20.5. The molecule has 26 heavy (non-hydrogen) atoms. The largest absolute Gasteiger partial charge is 0.493 e. The van der Waals surface area contributed by atoms with Crippen molar-refractivity contribution >= 4 is 5.91 Å². The Morgan fingerprint density at radius 3 is 2.54 bits per heavy atom. The van der Waals surface area contributed by atoms with E-state index >= 15 is 0 Å². The number of methoxy groups -OCH3 is 1. The van der Waals surface area contributed by atoms with E-state index in [1.807, 2.05) is 0 Å². The van der Waals surface area contributed by atoms with Crippen molar-refractivity contribution in [3.63, 3.8) is 0 Å². The number of halogens is 3. The molecule has 0 atom stereocenters. The van der Waals surface area contributed by atoms with Gasteiger partial charge in [-0.2, -0.15) is 13.2 Å². The van der Waals surface area contributed by atoms with Gasteiger partial charge in [-0.15, -0.1) is 0 Å². The maximum Gasteiger partial charge on any atom is 0.422 e. The third-order valence-electron chi connectivity index (χ3n) is 4.40. The van der Waals surface area contributed by atoms with E-state index in [2.05, 4.69) is 5.32 Å². The van der Waals surface area contributed by atoms with E-state index in [1.54, 1.807) is 12.1 Å². The van der Waals surface area contributed by atoms with Crippen molar-refractivity contribution in [2.24, 2.45) is 5.73 Å². The van der Waals surface area contributed by atoms with Gasteiger partial charge < -0.3 is 20.5 Å². The zero-order valence-electron chi connectivity index (χ0n) is 14.8. The molecule has 1 saturated carbocycles. The number of benzene rings is 1. The lowest BCUT2D eigenvalue weighted by molar-refractivity contribution is -0.153. The molecular formula is C18H25F3N2O3. The number of rotatable bonds is 7. The summed E-state index contributed by atoms with van der Waals surface area (Å²) in [5.74, 6) is 0.201. The SMILES string of the molecule is COc1cc(CCC(=O)NC2CCC(N)CC2)ccc1OCC(F)(F)F. The lowest BCUT2D eigenvalue weighted by Gasteiger charge is -2.26. The standard InChI is InChI=1S/C18H25F3N2O3/c1-25-16-10-12(2-8-15(16)26-11-18(19,20)21)3-9-17(24)23-14-6-4-13(22)5-7-14/h2,8,10,13-14H,3-7,9,11,22H2,1H3,(H,23,24). The van der Waals surface area contributed by atoms with Gasteiger partial charge in [0, 0.05) is 18.5 Å². The van der Waals surface area contributed by atoms with Gasteiger partial charge in [0.05, 0.1) is 7.11 Å². The van der Waals surface area contributed by atoms with Crippen molar-refractivity contribution in [1.29, 1.82) is 0 Å². The zero-order valence-corrected chi connectivity index (χ0v) is 14.8. The van der Waals surface area contributed by atoms with Crippen molar-refractivity contribution in [3.05, 3.63) is 23.8 Å². The summed E-state index contributed by atoms with van der Waals surface area (Å²) in [5, 5.41) is 3.01. The molecule has 0 radical (unpaired) electrons. The summed E-state index contributed by atoms with van der Waals surface area (Å²) >= 11 is 0. The van der Waals surface area contributed by atoms with Gasteiger partial charge in [-0.3, -0.25) is 4.79 Å². The Morgan fingerprint density at radius 2 is 1.92 bits per heavy atom. The maximum absolute atomic E-state index is 12.3.